The molecule has 3 heteroatoms. The lowest BCUT2D eigenvalue weighted by Crippen LogP contribution is -1.93. The Kier molecular flexibility index (Phi) is 3.89. The summed E-state index contributed by atoms with van der Waals surface area (Å²) < 4.78 is 0. The minimum absolute atomic E-state index is 0.573. The number of aromatic nitrogens is 1. The molecule has 0 amide bonds. The van der Waals surface area contributed by atoms with Gasteiger partial charge < -0.3 is 0 Å². The average molecular weight is 202 g/mol. The molecule has 1 heterocycles. The van der Waals surface area contributed by atoms with E-state index in [1.807, 2.05) is 12.1 Å². The highest BCUT2D eigenvalue weighted by Gasteiger charge is 2.02. The number of rotatable bonds is 3. The monoisotopic (exact) mass is 201 g/mol. The van der Waals surface area contributed by atoms with Crippen LogP contribution in [0.2, 0.25) is 5.15 Å². The first-order chi connectivity index (χ1) is 5.72. The Morgan fingerprint density at radius 2 is 2.33 bits per heavy atom. The van der Waals surface area contributed by atoms with Gasteiger partial charge in [0.15, 0.2) is 0 Å². The van der Waals surface area contributed by atoms with Crippen LogP contribution in [0.1, 0.15) is 20.3 Å². The summed E-state index contributed by atoms with van der Waals surface area (Å²) in [5.41, 5.74) is 0. The molecule has 0 spiro atoms. The standard InChI is InChI=1S/C9H12ClNS/c1-3-7(2)12-9-6-4-5-8(10)11-9/h4-7H,3H2,1-2H3. The van der Waals surface area contributed by atoms with Gasteiger partial charge in [0.25, 0.3) is 0 Å². The molecular weight excluding hydrogens is 190 g/mol. The van der Waals surface area contributed by atoms with E-state index in [1.54, 1.807) is 17.8 Å². The van der Waals surface area contributed by atoms with Crippen LogP contribution < -0.4 is 0 Å². The number of hydrogen-bond donors (Lipinski definition) is 0. The van der Waals surface area contributed by atoms with Crippen molar-refractivity contribution in [1.82, 2.24) is 4.98 Å². The van der Waals surface area contributed by atoms with Crippen molar-refractivity contribution in [3.63, 3.8) is 0 Å². The summed E-state index contributed by atoms with van der Waals surface area (Å²) >= 11 is 7.51. The molecule has 0 radical (unpaired) electrons. The fraction of sp³-hybridized carbons (Fsp3) is 0.444. The first-order valence-electron chi connectivity index (χ1n) is 4.01. The van der Waals surface area contributed by atoms with E-state index in [0.29, 0.717) is 10.4 Å². The zero-order chi connectivity index (χ0) is 8.97. The van der Waals surface area contributed by atoms with Gasteiger partial charge in [0.2, 0.25) is 0 Å². The predicted octanol–water partition coefficient (Wildman–Crippen LogP) is 3.63. The highest BCUT2D eigenvalue weighted by molar-refractivity contribution is 7.99. The van der Waals surface area contributed by atoms with Gasteiger partial charge in [0, 0.05) is 5.25 Å². The second-order valence-electron chi connectivity index (χ2n) is 2.64. The third kappa shape index (κ3) is 3.03. The van der Waals surface area contributed by atoms with Gasteiger partial charge in [0.1, 0.15) is 5.15 Å². The van der Waals surface area contributed by atoms with Gasteiger partial charge >= 0.3 is 0 Å². The molecule has 66 valence electrons. The van der Waals surface area contributed by atoms with Crippen molar-refractivity contribution in [2.45, 2.75) is 30.5 Å². The second-order valence-corrected chi connectivity index (χ2v) is 4.48. The largest absolute Gasteiger partial charge is 0.230 e. The second kappa shape index (κ2) is 4.73. The molecule has 1 nitrogen and oxygen atoms in total. The molecule has 1 aromatic rings. The van der Waals surface area contributed by atoms with Crippen LogP contribution in [0.3, 0.4) is 0 Å². The summed E-state index contributed by atoms with van der Waals surface area (Å²) in [7, 11) is 0. The fourth-order valence-corrected chi connectivity index (χ4v) is 1.85. The van der Waals surface area contributed by atoms with E-state index >= 15 is 0 Å². The summed E-state index contributed by atoms with van der Waals surface area (Å²) in [6, 6.07) is 5.71. The summed E-state index contributed by atoms with van der Waals surface area (Å²) in [4.78, 5) is 4.19. The van der Waals surface area contributed by atoms with E-state index in [-0.39, 0.29) is 0 Å². The first-order valence-corrected chi connectivity index (χ1v) is 5.27. The Balaban J connectivity index is 2.63. The molecule has 12 heavy (non-hydrogen) atoms. The Morgan fingerprint density at radius 1 is 1.58 bits per heavy atom. The van der Waals surface area contributed by atoms with E-state index in [9.17, 15) is 0 Å². The summed E-state index contributed by atoms with van der Waals surface area (Å²) in [6.45, 7) is 4.36. The lowest BCUT2D eigenvalue weighted by molar-refractivity contribution is 0.901. The summed E-state index contributed by atoms with van der Waals surface area (Å²) in [5, 5.41) is 2.19. The van der Waals surface area contributed by atoms with Crippen molar-refractivity contribution in [3.05, 3.63) is 23.4 Å². The van der Waals surface area contributed by atoms with Crippen molar-refractivity contribution in [2.24, 2.45) is 0 Å². The lowest BCUT2D eigenvalue weighted by atomic mass is 10.4. The van der Waals surface area contributed by atoms with Crippen LogP contribution in [0.4, 0.5) is 0 Å². The highest BCUT2D eigenvalue weighted by atomic mass is 35.5. The third-order valence-corrected chi connectivity index (χ3v) is 3.00. The van der Waals surface area contributed by atoms with Crippen LogP contribution in [0.25, 0.3) is 0 Å². The minimum Gasteiger partial charge on any atom is -0.230 e. The molecule has 1 rings (SSSR count). The van der Waals surface area contributed by atoms with Crippen LogP contribution >= 0.6 is 23.4 Å². The fourth-order valence-electron chi connectivity index (χ4n) is 0.745. The normalized spacial score (nSPS) is 12.9. The number of thioether (sulfide) groups is 1. The number of nitrogens with zero attached hydrogens (tertiary/aromatic N) is 1. The maximum Gasteiger partial charge on any atom is 0.130 e. The smallest absolute Gasteiger partial charge is 0.130 e. The lowest BCUT2D eigenvalue weighted by Gasteiger charge is -2.06. The molecule has 0 aliphatic carbocycles. The van der Waals surface area contributed by atoms with Crippen LogP contribution in [0.15, 0.2) is 23.2 Å². The van der Waals surface area contributed by atoms with Crippen LogP contribution in [-0.4, -0.2) is 10.2 Å². The van der Waals surface area contributed by atoms with E-state index in [2.05, 4.69) is 18.8 Å². The molecule has 0 fully saturated rings. The molecule has 0 saturated heterocycles. The number of pyridine rings is 1. The van der Waals surface area contributed by atoms with E-state index in [0.717, 1.165) is 11.4 Å². The molecule has 0 bridgehead atoms. The minimum atomic E-state index is 0.573. The van der Waals surface area contributed by atoms with Crippen molar-refractivity contribution in [1.29, 1.82) is 0 Å². The maximum atomic E-state index is 5.75. The molecule has 1 unspecified atom stereocenters. The Labute approximate surface area is 82.5 Å². The topological polar surface area (TPSA) is 12.9 Å². The van der Waals surface area contributed by atoms with Gasteiger partial charge in [-0.25, -0.2) is 4.98 Å². The van der Waals surface area contributed by atoms with E-state index in [1.165, 1.54) is 0 Å². The molecule has 0 N–H and O–H groups in total. The van der Waals surface area contributed by atoms with Gasteiger partial charge in [-0.3, -0.25) is 0 Å². The molecule has 0 aliphatic heterocycles. The zero-order valence-corrected chi connectivity index (χ0v) is 8.82. The van der Waals surface area contributed by atoms with Crippen molar-refractivity contribution < 1.29 is 0 Å². The average Bonchev–Trinajstić information content (AvgIpc) is 2.04. The Morgan fingerprint density at radius 3 is 2.92 bits per heavy atom. The molecule has 1 atom stereocenters. The van der Waals surface area contributed by atoms with Crippen LogP contribution in [0, 0.1) is 0 Å². The zero-order valence-electron chi connectivity index (χ0n) is 7.25. The summed E-state index contributed by atoms with van der Waals surface area (Å²) in [5.74, 6) is 0. The summed E-state index contributed by atoms with van der Waals surface area (Å²) in [6.07, 6.45) is 1.15. The first kappa shape index (κ1) is 9.87. The quantitative estimate of drug-likeness (QED) is 0.547. The van der Waals surface area contributed by atoms with Crippen molar-refractivity contribution in [3.8, 4) is 0 Å². The third-order valence-electron chi connectivity index (χ3n) is 1.59. The van der Waals surface area contributed by atoms with Gasteiger partial charge in [-0.15, -0.1) is 11.8 Å². The van der Waals surface area contributed by atoms with E-state index in [4.69, 9.17) is 11.6 Å². The number of halogens is 1. The SMILES string of the molecule is CCC(C)Sc1cccc(Cl)n1. The van der Waals surface area contributed by atoms with Gasteiger partial charge in [-0.05, 0) is 18.6 Å². The Hall–Kier alpha value is -0.210. The molecule has 1 aromatic heterocycles. The van der Waals surface area contributed by atoms with Gasteiger partial charge in [-0.2, -0.15) is 0 Å². The molecular formula is C9H12ClNS. The number of hydrogen-bond acceptors (Lipinski definition) is 2. The molecule has 0 saturated carbocycles. The Bertz CT molecular complexity index is 252. The molecule has 0 aromatic carbocycles. The van der Waals surface area contributed by atoms with Gasteiger partial charge in [-0.1, -0.05) is 31.5 Å². The highest BCUT2D eigenvalue weighted by Crippen LogP contribution is 2.23. The van der Waals surface area contributed by atoms with Crippen LogP contribution in [0.5, 0.6) is 0 Å². The van der Waals surface area contributed by atoms with Crippen molar-refractivity contribution >= 4 is 23.4 Å². The predicted molar refractivity (Wildman–Crippen MR) is 54.9 cm³/mol. The maximum absolute atomic E-state index is 5.75. The van der Waals surface area contributed by atoms with Crippen LogP contribution in [-0.2, 0) is 0 Å². The molecule has 0 aliphatic rings. The van der Waals surface area contributed by atoms with Gasteiger partial charge in [0.05, 0.1) is 5.03 Å². The van der Waals surface area contributed by atoms with Crippen molar-refractivity contribution in [2.75, 3.05) is 0 Å². The van der Waals surface area contributed by atoms with E-state index < -0.39 is 0 Å².